The zero-order valence-corrected chi connectivity index (χ0v) is 22.5. The van der Waals surface area contributed by atoms with E-state index >= 15 is 0 Å². The van der Waals surface area contributed by atoms with E-state index in [1.54, 1.807) is 20.8 Å². The Morgan fingerprint density at radius 2 is 1.35 bits per heavy atom. The number of ether oxygens (including phenoxy) is 3. The maximum atomic E-state index is 13.5. The summed E-state index contributed by atoms with van der Waals surface area (Å²) in [5.41, 5.74) is 3.14. The van der Waals surface area contributed by atoms with Crippen molar-refractivity contribution in [3.05, 3.63) is 81.3 Å². The van der Waals surface area contributed by atoms with Gasteiger partial charge in [0.15, 0.2) is 0 Å². The van der Waals surface area contributed by atoms with E-state index in [1.807, 2.05) is 54.6 Å². The molecule has 2 aromatic carbocycles. The van der Waals surface area contributed by atoms with E-state index < -0.39 is 17.9 Å². The second-order valence-electron chi connectivity index (χ2n) is 8.18. The van der Waals surface area contributed by atoms with Gasteiger partial charge in [-0.2, -0.15) is 0 Å². The Balaban J connectivity index is 2.26. The van der Waals surface area contributed by atoms with Gasteiger partial charge in [-0.3, -0.25) is 0 Å². The number of carbonyl (C=O) groups is 3. The molecular weight excluding hydrogens is 538 g/mol. The summed E-state index contributed by atoms with van der Waals surface area (Å²) in [6.07, 6.45) is 0. The number of anilines is 2. The number of halogens is 1. The Hall–Kier alpha value is -3.91. The number of hydrogen-bond acceptors (Lipinski definition) is 7. The molecule has 8 heteroatoms. The molecule has 4 rings (SSSR count). The van der Waals surface area contributed by atoms with Gasteiger partial charge in [0, 0.05) is 15.5 Å². The third kappa shape index (κ3) is 4.76. The van der Waals surface area contributed by atoms with Crippen molar-refractivity contribution in [2.75, 3.05) is 25.6 Å². The first-order valence-electron chi connectivity index (χ1n) is 11.8. The molecule has 0 unspecified atom stereocenters. The van der Waals surface area contributed by atoms with Gasteiger partial charge in [0.1, 0.15) is 0 Å². The molecule has 1 N–H and O–H groups in total. The fourth-order valence-electron chi connectivity index (χ4n) is 4.56. The number of nitrogens with one attached hydrogen (secondary N) is 1. The number of carbonyl (C=O) groups excluding carboxylic acids is 3. The van der Waals surface area contributed by atoms with Gasteiger partial charge in [0.2, 0.25) is 0 Å². The molecule has 0 spiro atoms. The Bertz CT molecular complexity index is 1480. The Morgan fingerprint density at radius 1 is 0.757 bits per heavy atom. The molecule has 0 radical (unpaired) electrons. The number of rotatable bonds is 7. The van der Waals surface area contributed by atoms with Crippen molar-refractivity contribution in [2.45, 2.75) is 20.8 Å². The van der Waals surface area contributed by atoms with Gasteiger partial charge in [0.05, 0.1) is 42.7 Å². The Morgan fingerprint density at radius 3 is 1.95 bits per heavy atom. The lowest BCUT2D eigenvalue weighted by molar-refractivity contribution is 0.0479. The molecule has 7 nitrogen and oxygen atoms in total. The normalized spacial score (nSPS) is 10.8. The number of aryl methyl sites for hydroxylation is 1. The van der Waals surface area contributed by atoms with Crippen molar-refractivity contribution in [1.29, 1.82) is 0 Å². The van der Waals surface area contributed by atoms with Crippen LogP contribution < -0.4 is 5.32 Å². The van der Waals surface area contributed by atoms with Crippen LogP contribution in [0.5, 0.6) is 0 Å². The fourth-order valence-corrected chi connectivity index (χ4v) is 4.83. The van der Waals surface area contributed by atoms with Crippen LogP contribution in [0, 0.1) is 6.92 Å². The van der Waals surface area contributed by atoms with E-state index in [0.29, 0.717) is 27.6 Å². The summed E-state index contributed by atoms with van der Waals surface area (Å²) in [6, 6.07) is 16.5. The van der Waals surface area contributed by atoms with Crippen LogP contribution in [0.1, 0.15) is 50.5 Å². The minimum atomic E-state index is -0.707. The molecule has 0 aliphatic heterocycles. The van der Waals surface area contributed by atoms with Crippen LogP contribution in [0.25, 0.3) is 21.9 Å². The second kappa shape index (κ2) is 11.0. The quantitative estimate of drug-likeness (QED) is 0.193. The van der Waals surface area contributed by atoms with Crippen molar-refractivity contribution in [1.82, 2.24) is 0 Å². The topological polar surface area (TPSA) is 90.9 Å². The molecule has 0 saturated carbocycles. The molecule has 2 aliphatic rings. The van der Waals surface area contributed by atoms with Crippen molar-refractivity contribution in [2.24, 2.45) is 0 Å². The van der Waals surface area contributed by atoms with Crippen LogP contribution in [0.2, 0.25) is 0 Å². The summed E-state index contributed by atoms with van der Waals surface area (Å²) < 4.78 is 16.8. The fraction of sp³-hybridized carbons (Fsp3) is 0.207. The van der Waals surface area contributed by atoms with E-state index in [1.165, 1.54) is 7.11 Å². The van der Waals surface area contributed by atoms with E-state index in [-0.39, 0.29) is 35.6 Å². The van der Waals surface area contributed by atoms with Crippen LogP contribution in [0.4, 0.5) is 11.4 Å². The molecule has 0 aromatic heterocycles. The largest absolute Gasteiger partial charge is 0.465 e. The second-order valence-corrected chi connectivity index (χ2v) is 9.09. The smallest absolute Gasteiger partial charge is 0.341 e. The van der Waals surface area contributed by atoms with Crippen LogP contribution in [-0.4, -0.2) is 38.2 Å². The van der Waals surface area contributed by atoms with Crippen LogP contribution in [0.3, 0.4) is 0 Å². The molecule has 0 amide bonds. The summed E-state index contributed by atoms with van der Waals surface area (Å²) in [5.74, 6) is -1.93. The van der Waals surface area contributed by atoms with Crippen molar-refractivity contribution >= 4 is 56.0 Å². The molecule has 2 aromatic rings. The van der Waals surface area contributed by atoms with Crippen molar-refractivity contribution in [3.63, 3.8) is 0 Å². The summed E-state index contributed by atoms with van der Waals surface area (Å²) >= 11 is 3.43. The van der Waals surface area contributed by atoms with Gasteiger partial charge in [-0.1, -0.05) is 46.3 Å². The molecule has 0 heterocycles. The molecule has 37 heavy (non-hydrogen) atoms. The highest BCUT2D eigenvalue weighted by Gasteiger charge is 2.35. The lowest BCUT2D eigenvalue weighted by atomic mass is 9.92. The summed E-state index contributed by atoms with van der Waals surface area (Å²) in [6.45, 7) is 5.35. The lowest BCUT2D eigenvalue weighted by Gasteiger charge is -2.20. The number of fused-ring (bicyclic) bond motifs is 3. The van der Waals surface area contributed by atoms with E-state index in [0.717, 1.165) is 10.0 Å². The monoisotopic (exact) mass is 563 g/mol. The lowest BCUT2D eigenvalue weighted by Crippen LogP contribution is -2.18. The predicted molar refractivity (Wildman–Crippen MR) is 146 cm³/mol. The SMILES string of the molecule is CCOC(=O)c1c(C(=O)OCC)c(Nc2ccc(Br)cc2)c2c(C(=O)OC)c3cccccc-3c2c1C. The third-order valence-corrected chi connectivity index (χ3v) is 6.57. The number of benzene rings is 2. The van der Waals surface area contributed by atoms with Crippen LogP contribution in [0.15, 0.2) is 59.1 Å². The molecule has 0 fully saturated rings. The first-order valence-corrected chi connectivity index (χ1v) is 12.6. The van der Waals surface area contributed by atoms with Gasteiger partial charge < -0.3 is 19.5 Å². The minimum absolute atomic E-state index is 0.00180. The van der Waals surface area contributed by atoms with Gasteiger partial charge >= 0.3 is 17.9 Å². The average Bonchev–Trinajstić information content (AvgIpc) is 3.02. The molecule has 2 aliphatic carbocycles. The van der Waals surface area contributed by atoms with Crippen LogP contribution in [-0.2, 0) is 14.2 Å². The zero-order valence-electron chi connectivity index (χ0n) is 20.9. The minimum Gasteiger partial charge on any atom is -0.465 e. The van der Waals surface area contributed by atoms with Gasteiger partial charge in [-0.25, -0.2) is 14.4 Å². The van der Waals surface area contributed by atoms with Gasteiger partial charge in [0.25, 0.3) is 0 Å². The highest BCUT2D eigenvalue weighted by Crippen LogP contribution is 2.48. The van der Waals surface area contributed by atoms with Gasteiger partial charge in [-0.15, -0.1) is 0 Å². The summed E-state index contributed by atoms with van der Waals surface area (Å²) in [7, 11) is 1.31. The molecular formula is C29H26BrNO6. The van der Waals surface area contributed by atoms with Gasteiger partial charge in [-0.05, 0) is 67.1 Å². The van der Waals surface area contributed by atoms with E-state index in [2.05, 4.69) is 21.2 Å². The first-order chi connectivity index (χ1) is 17.8. The molecule has 0 saturated heterocycles. The molecule has 190 valence electrons. The maximum absolute atomic E-state index is 13.5. The number of methoxy groups -OCH3 is 1. The number of hydrogen-bond donors (Lipinski definition) is 1. The van der Waals surface area contributed by atoms with Crippen LogP contribution >= 0.6 is 15.9 Å². The molecule has 0 atom stereocenters. The standard InChI is InChI=1S/C29H26BrNO6/c1-5-36-28(33)22-16(3)21-19-10-8-7-9-11-20(19)23(27(32)35-4)24(21)26(25(22)29(34)37-6-2)31-18-14-12-17(30)13-15-18/h7-15,31H,5-6H2,1-4H3. The van der Waals surface area contributed by atoms with E-state index in [4.69, 9.17) is 14.2 Å². The third-order valence-electron chi connectivity index (χ3n) is 6.04. The average molecular weight is 564 g/mol. The highest BCUT2D eigenvalue weighted by atomic mass is 79.9. The number of esters is 3. The molecule has 0 bridgehead atoms. The zero-order chi connectivity index (χ0) is 26.7. The highest BCUT2D eigenvalue weighted by molar-refractivity contribution is 9.10. The van der Waals surface area contributed by atoms with E-state index in [9.17, 15) is 14.4 Å². The first kappa shape index (κ1) is 26.2. The van der Waals surface area contributed by atoms with Crippen molar-refractivity contribution < 1.29 is 28.6 Å². The maximum Gasteiger partial charge on any atom is 0.341 e. The Kier molecular flexibility index (Phi) is 7.78. The summed E-state index contributed by atoms with van der Waals surface area (Å²) in [5, 5.41) is 4.40. The van der Waals surface area contributed by atoms with Crippen molar-refractivity contribution in [3.8, 4) is 11.1 Å². The Labute approximate surface area is 223 Å². The summed E-state index contributed by atoms with van der Waals surface area (Å²) in [4.78, 5) is 40.0. The predicted octanol–water partition coefficient (Wildman–Crippen LogP) is 6.90.